The van der Waals surface area contributed by atoms with E-state index in [1.165, 1.54) is 23.4 Å². The molecule has 0 radical (unpaired) electrons. The molecule has 2 atom stereocenters. The van der Waals surface area contributed by atoms with E-state index in [-0.39, 0.29) is 36.2 Å². The summed E-state index contributed by atoms with van der Waals surface area (Å²) in [5, 5.41) is 2.91. The van der Waals surface area contributed by atoms with Crippen molar-refractivity contribution >= 4 is 22.0 Å². The number of ether oxygens (including phenoxy) is 3. The highest BCUT2D eigenvalue weighted by molar-refractivity contribution is 7.89. The molecule has 0 spiro atoms. The van der Waals surface area contributed by atoms with Crippen molar-refractivity contribution in [2.75, 3.05) is 54.1 Å². The molecule has 12 heteroatoms. The van der Waals surface area contributed by atoms with Crippen LogP contribution in [0.1, 0.15) is 31.0 Å². The van der Waals surface area contributed by atoms with Gasteiger partial charge in [-0.1, -0.05) is 29.8 Å². The summed E-state index contributed by atoms with van der Waals surface area (Å²) in [6, 6.07) is 10.5. The van der Waals surface area contributed by atoms with E-state index in [1.807, 2.05) is 13.8 Å². The van der Waals surface area contributed by atoms with Crippen molar-refractivity contribution in [3.63, 3.8) is 0 Å². The minimum atomic E-state index is -3.67. The average molecular weight is 587 g/mol. The molecule has 2 aliphatic rings. The van der Waals surface area contributed by atoms with E-state index in [0.717, 1.165) is 5.56 Å². The Morgan fingerprint density at radius 2 is 1.78 bits per heavy atom. The number of urea groups is 1. The Morgan fingerprint density at radius 1 is 1.07 bits per heavy atom. The van der Waals surface area contributed by atoms with E-state index in [2.05, 4.69) is 10.2 Å². The number of likely N-dealkylation sites (N-methyl/N-ethyl adjacent to an activating group) is 1. The Bertz CT molecular complexity index is 1430. The number of nitrogens with zero attached hydrogens (tertiary/aromatic N) is 3. The number of sulfonamides is 1. The number of methoxy groups -OCH3 is 2. The van der Waals surface area contributed by atoms with E-state index in [1.54, 1.807) is 56.4 Å². The van der Waals surface area contributed by atoms with E-state index in [0.29, 0.717) is 35.8 Å². The third kappa shape index (κ3) is 6.04. The molecule has 2 amide bonds. The number of amides is 2. The van der Waals surface area contributed by atoms with Crippen LogP contribution in [0, 0.1) is 6.92 Å². The predicted molar refractivity (Wildman–Crippen MR) is 153 cm³/mol. The molecule has 0 aliphatic carbocycles. The molecule has 2 aliphatic heterocycles. The molecule has 2 aromatic rings. The van der Waals surface area contributed by atoms with E-state index in [4.69, 9.17) is 14.2 Å². The lowest BCUT2D eigenvalue weighted by atomic mass is 9.93. The van der Waals surface area contributed by atoms with Gasteiger partial charge in [0.15, 0.2) is 11.5 Å². The number of esters is 1. The van der Waals surface area contributed by atoms with Crippen molar-refractivity contribution in [3.8, 4) is 11.5 Å². The number of aryl methyl sites for hydroxylation is 1. The first kappa shape index (κ1) is 30.4. The number of para-hydroxylation sites is 1. The van der Waals surface area contributed by atoms with Crippen LogP contribution in [0.4, 0.5) is 4.79 Å². The van der Waals surface area contributed by atoms with Crippen molar-refractivity contribution in [1.82, 2.24) is 19.4 Å². The second-order valence-electron chi connectivity index (χ2n) is 10.1. The molecular formula is C29H38N4O7S. The zero-order valence-electron chi connectivity index (χ0n) is 24.3. The van der Waals surface area contributed by atoms with E-state index in [9.17, 15) is 18.0 Å². The summed E-state index contributed by atoms with van der Waals surface area (Å²) in [5.41, 5.74) is 2.29. The molecule has 2 aromatic carbocycles. The zero-order chi connectivity index (χ0) is 29.9. The van der Waals surface area contributed by atoms with Gasteiger partial charge >= 0.3 is 12.0 Å². The van der Waals surface area contributed by atoms with Gasteiger partial charge in [-0.3, -0.25) is 9.80 Å². The predicted octanol–water partition coefficient (Wildman–Crippen LogP) is 2.92. The Morgan fingerprint density at radius 3 is 2.39 bits per heavy atom. The lowest BCUT2D eigenvalue weighted by Gasteiger charge is -2.41. The minimum absolute atomic E-state index is 0.155. The van der Waals surface area contributed by atoms with Crippen molar-refractivity contribution < 1.29 is 32.2 Å². The zero-order valence-corrected chi connectivity index (χ0v) is 25.2. The molecule has 0 aromatic heterocycles. The number of piperazine rings is 1. The highest BCUT2D eigenvalue weighted by Gasteiger charge is 2.40. The van der Waals surface area contributed by atoms with Crippen molar-refractivity contribution in [3.05, 3.63) is 64.9 Å². The summed E-state index contributed by atoms with van der Waals surface area (Å²) in [7, 11) is 0.942. The maximum absolute atomic E-state index is 13.4. The third-order valence-electron chi connectivity index (χ3n) is 7.47. The van der Waals surface area contributed by atoms with Crippen LogP contribution in [-0.2, 0) is 19.6 Å². The van der Waals surface area contributed by atoms with Crippen LogP contribution in [-0.4, -0.2) is 94.6 Å². The Balaban J connectivity index is 1.68. The summed E-state index contributed by atoms with van der Waals surface area (Å²) in [6.45, 7) is 6.98. The fourth-order valence-corrected chi connectivity index (χ4v) is 6.96. The first-order valence-corrected chi connectivity index (χ1v) is 14.9. The standard InChI is InChI=1S/C29H38N4O7S/c1-7-40-28(34)25-23(31(4)29(35)30-26(25)22-9-8-10-24(38-5)27(22)39-6)18-32-15-16-33(20(3)17-32)41(36,37)21-13-11-19(2)12-14-21/h8-14,20,26H,7,15-18H2,1-6H3,(H,30,35). The van der Waals surface area contributed by atoms with Crippen LogP contribution in [0.25, 0.3) is 0 Å². The van der Waals surface area contributed by atoms with Gasteiger partial charge in [0, 0.05) is 50.5 Å². The van der Waals surface area contributed by atoms with Gasteiger partial charge in [-0.05, 0) is 39.0 Å². The Labute approximate surface area is 241 Å². The number of carbonyl (C=O) groups is 2. The highest BCUT2D eigenvalue weighted by atomic mass is 32.2. The van der Waals surface area contributed by atoms with Crippen LogP contribution in [0.5, 0.6) is 11.5 Å². The van der Waals surface area contributed by atoms with Crippen LogP contribution in [0.15, 0.2) is 58.6 Å². The van der Waals surface area contributed by atoms with Crippen molar-refractivity contribution in [1.29, 1.82) is 0 Å². The largest absolute Gasteiger partial charge is 0.493 e. The summed E-state index contributed by atoms with van der Waals surface area (Å²) < 4.78 is 44.8. The number of carbonyl (C=O) groups excluding carboxylic acids is 2. The molecule has 0 bridgehead atoms. The number of rotatable bonds is 9. The smallest absolute Gasteiger partial charge is 0.338 e. The van der Waals surface area contributed by atoms with Gasteiger partial charge in [0.05, 0.1) is 37.3 Å². The average Bonchev–Trinajstić information content (AvgIpc) is 2.95. The molecule has 222 valence electrons. The normalized spacial score (nSPS) is 20.5. The van der Waals surface area contributed by atoms with Crippen LogP contribution < -0.4 is 14.8 Å². The highest BCUT2D eigenvalue weighted by Crippen LogP contribution is 2.40. The number of hydrogen-bond donors (Lipinski definition) is 1. The maximum atomic E-state index is 13.4. The van der Waals surface area contributed by atoms with Gasteiger partial charge in [0.25, 0.3) is 0 Å². The minimum Gasteiger partial charge on any atom is -0.493 e. The Hall–Kier alpha value is -3.61. The van der Waals surface area contributed by atoms with Gasteiger partial charge in [-0.2, -0.15) is 4.31 Å². The molecule has 2 unspecified atom stereocenters. The second kappa shape index (κ2) is 12.5. The molecular weight excluding hydrogens is 548 g/mol. The second-order valence-corrected chi connectivity index (χ2v) is 12.0. The molecule has 41 heavy (non-hydrogen) atoms. The van der Waals surface area contributed by atoms with Crippen molar-refractivity contribution in [2.24, 2.45) is 0 Å². The molecule has 4 rings (SSSR count). The monoisotopic (exact) mass is 586 g/mol. The van der Waals surface area contributed by atoms with Gasteiger partial charge in [-0.25, -0.2) is 18.0 Å². The number of benzene rings is 2. The molecule has 1 N–H and O–H groups in total. The molecule has 2 heterocycles. The van der Waals surface area contributed by atoms with Gasteiger partial charge in [0.1, 0.15) is 0 Å². The fraction of sp³-hybridized carbons (Fsp3) is 0.448. The SMILES string of the molecule is CCOC(=O)C1=C(CN2CCN(S(=O)(=O)c3ccc(C)cc3)C(C)C2)N(C)C(=O)NC1c1cccc(OC)c1OC. The topological polar surface area (TPSA) is 118 Å². The number of nitrogens with one attached hydrogen (secondary N) is 1. The molecule has 0 saturated carbocycles. The lowest BCUT2D eigenvalue weighted by molar-refractivity contribution is -0.139. The van der Waals surface area contributed by atoms with Crippen LogP contribution in [0.2, 0.25) is 0 Å². The Kier molecular flexibility index (Phi) is 9.25. The molecule has 1 saturated heterocycles. The fourth-order valence-electron chi connectivity index (χ4n) is 5.35. The molecule has 1 fully saturated rings. The maximum Gasteiger partial charge on any atom is 0.338 e. The van der Waals surface area contributed by atoms with Gasteiger partial charge in [-0.15, -0.1) is 0 Å². The first-order chi connectivity index (χ1) is 19.5. The van der Waals surface area contributed by atoms with Crippen LogP contribution >= 0.6 is 0 Å². The van der Waals surface area contributed by atoms with E-state index < -0.39 is 28.1 Å². The van der Waals surface area contributed by atoms with Crippen molar-refractivity contribution in [2.45, 2.75) is 37.8 Å². The summed E-state index contributed by atoms with van der Waals surface area (Å²) in [5.74, 6) is 0.301. The lowest BCUT2D eigenvalue weighted by Crippen LogP contribution is -2.56. The quantitative estimate of drug-likeness (QED) is 0.446. The molecule has 11 nitrogen and oxygen atoms in total. The van der Waals surface area contributed by atoms with Gasteiger partial charge < -0.3 is 19.5 Å². The summed E-state index contributed by atoms with van der Waals surface area (Å²) in [6.07, 6.45) is 0. The van der Waals surface area contributed by atoms with E-state index >= 15 is 0 Å². The summed E-state index contributed by atoms with van der Waals surface area (Å²) >= 11 is 0. The van der Waals surface area contributed by atoms with Crippen LogP contribution in [0.3, 0.4) is 0 Å². The third-order valence-corrected chi connectivity index (χ3v) is 9.50. The first-order valence-electron chi connectivity index (χ1n) is 13.5. The van der Waals surface area contributed by atoms with Gasteiger partial charge in [0.2, 0.25) is 10.0 Å². The summed E-state index contributed by atoms with van der Waals surface area (Å²) in [4.78, 5) is 30.3. The number of hydrogen-bond acceptors (Lipinski definition) is 8.